The SMILES string of the molecule is CC(C)OCC(=O)NCCC(C)(C)OCCC(C)(C)N. The van der Waals surface area contributed by atoms with Crippen molar-refractivity contribution in [3.8, 4) is 0 Å². The van der Waals surface area contributed by atoms with Crippen LogP contribution in [0.15, 0.2) is 0 Å². The van der Waals surface area contributed by atoms with E-state index >= 15 is 0 Å². The lowest BCUT2D eigenvalue weighted by Gasteiger charge is -2.27. The van der Waals surface area contributed by atoms with Crippen LogP contribution in [0, 0.1) is 0 Å². The van der Waals surface area contributed by atoms with Crippen LogP contribution in [0.4, 0.5) is 0 Å². The number of hydrogen-bond acceptors (Lipinski definition) is 4. The molecule has 0 saturated heterocycles. The van der Waals surface area contributed by atoms with Crippen molar-refractivity contribution in [2.45, 2.75) is 71.6 Å². The van der Waals surface area contributed by atoms with Gasteiger partial charge in [0.1, 0.15) is 6.61 Å². The molecule has 0 rings (SSSR count). The zero-order valence-electron chi connectivity index (χ0n) is 13.9. The molecule has 0 heterocycles. The van der Waals surface area contributed by atoms with Gasteiger partial charge in [-0.15, -0.1) is 0 Å². The summed E-state index contributed by atoms with van der Waals surface area (Å²) in [6.07, 6.45) is 1.64. The zero-order valence-corrected chi connectivity index (χ0v) is 13.9. The van der Waals surface area contributed by atoms with E-state index in [-0.39, 0.29) is 29.8 Å². The molecular formula is C15H32N2O3. The van der Waals surface area contributed by atoms with Crippen molar-refractivity contribution in [3.63, 3.8) is 0 Å². The topological polar surface area (TPSA) is 73.6 Å². The minimum atomic E-state index is -0.266. The third kappa shape index (κ3) is 12.4. The maximum Gasteiger partial charge on any atom is 0.246 e. The Balaban J connectivity index is 3.78. The molecule has 0 aliphatic rings. The molecule has 0 unspecified atom stereocenters. The summed E-state index contributed by atoms with van der Waals surface area (Å²) in [6, 6.07) is 0. The van der Waals surface area contributed by atoms with Crippen LogP contribution >= 0.6 is 0 Å². The highest BCUT2D eigenvalue weighted by atomic mass is 16.5. The molecule has 0 aromatic carbocycles. The molecule has 5 heteroatoms. The molecule has 0 atom stereocenters. The van der Waals surface area contributed by atoms with Crippen LogP contribution in [0.1, 0.15) is 54.4 Å². The van der Waals surface area contributed by atoms with E-state index in [1.807, 2.05) is 41.5 Å². The largest absolute Gasteiger partial charge is 0.375 e. The second-order valence-corrected chi connectivity index (χ2v) is 6.81. The standard InChI is InChI=1S/C15H32N2O3/c1-12(2)19-11-13(18)17-9-7-15(5,6)20-10-8-14(3,4)16/h12H,7-11,16H2,1-6H3,(H,17,18). The maximum atomic E-state index is 11.5. The maximum absolute atomic E-state index is 11.5. The van der Waals surface area contributed by atoms with Crippen molar-refractivity contribution in [3.05, 3.63) is 0 Å². The Morgan fingerprint density at radius 1 is 1.20 bits per heavy atom. The van der Waals surface area contributed by atoms with Crippen LogP contribution in [0.25, 0.3) is 0 Å². The van der Waals surface area contributed by atoms with Crippen molar-refractivity contribution in [2.24, 2.45) is 5.73 Å². The van der Waals surface area contributed by atoms with Gasteiger partial charge in [-0.05, 0) is 54.4 Å². The normalized spacial score (nSPS) is 12.8. The fourth-order valence-electron chi connectivity index (χ4n) is 1.46. The number of carbonyl (C=O) groups is 1. The molecule has 120 valence electrons. The number of hydrogen-bond donors (Lipinski definition) is 2. The van der Waals surface area contributed by atoms with Crippen molar-refractivity contribution in [2.75, 3.05) is 19.8 Å². The van der Waals surface area contributed by atoms with E-state index < -0.39 is 0 Å². The zero-order chi connectivity index (χ0) is 15.8. The van der Waals surface area contributed by atoms with E-state index in [1.54, 1.807) is 0 Å². The Morgan fingerprint density at radius 3 is 2.30 bits per heavy atom. The van der Waals surface area contributed by atoms with E-state index in [1.165, 1.54) is 0 Å². The molecule has 0 radical (unpaired) electrons. The molecule has 5 nitrogen and oxygen atoms in total. The summed E-state index contributed by atoms with van der Waals surface area (Å²) in [4.78, 5) is 11.5. The van der Waals surface area contributed by atoms with Crippen molar-refractivity contribution < 1.29 is 14.3 Å². The molecule has 3 N–H and O–H groups in total. The smallest absolute Gasteiger partial charge is 0.246 e. The summed E-state index contributed by atoms with van der Waals surface area (Å²) in [5.41, 5.74) is 5.44. The summed E-state index contributed by atoms with van der Waals surface area (Å²) in [5.74, 6) is -0.0856. The lowest BCUT2D eigenvalue weighted by molar-refractivity contribution is -0.127. The summed E-state index contributed by atoms with van der Waals surface area (Å²) < 4.78 is 11.1. The Hall–Kier alpha value is -0.650. The fourth-order valence-corrected chi connectivity index (χ4v) is 1.46. The summed E-state index contributed by atoms with van der Waals surface area (Å²) >= 11 is 0. The number of nitrogens with two attached hydrogens (primary N) is 1. The number of amides is 1. The number of rotatable bonds is 10. The van der Waals surface area contributed by atoms with Crippen molar-refractivity contribution in [1.29, 1.82) is 0 Å². The second-order valence-electron chi connectivity index (χ2n) is 6.81. The molecule has 0 bridgehead atoms. The second kappa shape index (κ2) is 8.60. The van der Waals surface area contributed by atoms with E-state index in [4.69, 9.17) is 15.2 Å². The van der Waals surface area contributed by atoms with Crippen LogP contribution in [-0.2, 0) is 14.3 Å². The van der Waals surface area contributed by atoms with Crippen molar-refractivity contribution >= 4 is 5.91 Å². The monoisotopic (exact) mass is 288 g/mol. The van der Waals surface area contributed by atoms with Crippen LogP contribution in [0.3, 0.4) is 0 Å². The van der Waals surface area contributed by atoms with Gasteiger partial charge in [0, 0.05) is 18.7 Å². The fraction of sp³-hybridized carbons (Fsp3) is 0.933. The average Bonchev–Trinajstić information content (AvgIpc) is 2.23. The number of ether oxygens (including phenoxy) is 2. The van der Waals surface area contributed by atoms with Crippen LogP contribution in [0.5, 0.6) is 0 Å². The predicted octanol–water partition coefficient (Wildman–Crippen LogP) is 1.84. The van der Waals surface area contributed by atoms with E-state index in [0.29, 0.717) is 13.2 Å². The van der Waals surface area contributed by atoms with Gasteiger partial charge in [0.25, 0.3) is 0 Å². The highest BCUT2D eigenvalue weighted by Gasteiger charge is 2.20. The van der Waals surface area contributed by atoms with Gasteiger partial charge in [-0.1, -0.05) is 0 Å². The highest BCUT2D eigenvalue weighted by Crippen LogP contribution is 2.15. The van der Waals surface area contributed by atoms with Crippen LogP contribution in [0.2, 0.25) is 0 Å². The molecule has 0 aromatic heterocycles. The molecule has 0 aliphatic heterocycles. The quantitative estimate of drug-likeness (QED) is 0.643. The van der Waals surface area contributed by atoms with Crippen LogP contribution < -0.4 is 11.1 Å². The first kappa shape index (κ1) is 19.4. The summed E-state index contributed by atoms with van der Waals surface area (Å²) in [6.45, 7) is 13.1. The van der Waals surface area contributed by atoms with E-state index in [0.717, 1.165) is 12.8 Å². The predicted molar refractivity (Wildman–Crippen MR) is 81.6 cm³/mol. The Bertz CT molecular complexity index is 283. The highest BCUT2D eigenvalue weighted by molar-refractivity contribution is 5.77. The Morgan fingerprint density at radius 2 is 1.80 bits per heavy atom. The molecule has 0 fully saturated rings. The van der Waals surface area contributed by atoms with Gasteiger partial charge in [0.05, 0.1) is 11.7 Å². The summed E-state index contributed by atoms with van der Waals surface area (Å²) in [5, 5.41) is 2.83. The molecule has 0 aromatic rings. The van der Waals surface area contributed by atoms with Gasteiger partial charge >= 0.3 is 0 Å². The number of nitrogens with one attached hydrogen (secondary N) is 1. The van der Waals surface area contributed by atoms with Gasteiger partial charge in [0.15, 0.2) is 0 Å². The minimum Gasteiger partial charge on any atom is -0.375 e. The van der Waals surface area contributed by atoms with Gasteiger partial charge in [-0.2, -0.15) is 0 Å². The first-order valence-corrected chi connectivity index (χ1v) is 7.33. The average molecular weight is 288 g/mol. The molecule has 0 spiro atoms. The van der Waals surface area contributed by atoms with E-state index in [9.17, 15) is 4.79 Å². The minimum absolute atomic E-state index is 0.0696. The van der Waals surface area contributed by atoms with Gasteiger partial charge < -0.3 is 20.5 Å². The van der Waals surface area contributed by atoms with E-state index in [2.05, 4.69) is 5.32 Å². The van der Waals surface area contributed by atoms with Gasteiger partial charge in [-0.3, -0.25) is 4.79 Å². The van der Waals surface area contributed by atoms with Crippen LogP contribution in [-0.4, -0.2) is 42.9 Å². The molecule has 0 saturated carbocycles. The van der Waals surface area contributed by atoms with Crippen molar-refractivity contribution in [1.82, 2.24) is 5.32 Å². The van der Waals surface area contributed by atoms with Gasteiger partial charge in [0.2, 0.25) is 5.91 Å². The third-order valence-corrected chi connectivity index (χ3v) is 2.84. The van der Waals surface area contributed by atoms with Gasteiger partial charge in [-0.25, -0.2) is 0 Å². The molecule has 1 amide bonds. The third-order valence-electron chi connectivity index (χ3n) is 2.84. The summed E-state index contributed by atoms with van der Waals surface area (Å²) in [7, 11) is 0. The molecule has 20 heavy (non-hydrogen) atoms. The first-order chi connectivity index (χ1) is 9.02. The Kier molecular flexibility index (Phi) is 8.32. The molecular weight excluding hydrogens is 256 g/mol. The first-order valence-electron chi connectivity index (χ1n) is 7.33. The lowest BCUT2D eigenvalue weighted by Crippen LogP contribution is -2.37. The molecule has 0 aliphatic carbocycles. The lowest BCUT2D eigenvalue weighted by atomic mass is 10.0. The number of carbonyl (C=O) groups excluding carboxylic acids is 1. The Labute approximate surface area is 123 Å².